The molecule has 96 valence electrons. The molecule has 1 rings (SSSR count). The van der Waals surface area contributed by atoms with E-state index in [0.717, 1.165) is 11.8 Å². The van der Waals surface area contributed by atoms with E-state index in [1.165, 1.54) is 25.4 Å². The van der Waals surface area contributed by atoms with E-state index in [0.29, 0.717) is 11.5 Å². The summed E-state index contributed by atoms with van der Waals surface area (Å²) in [6.45, 7) is 16.4. The Morgan fingerprint density at radius 3 is 2.69 bits per heavy atom. The van der Waals surface area contributed by atoms with E-state index in [1.54, 1.807) is 0 Å². The van der Waals surface area contributed by atoms with E-state index in [-0.39, 0.29) is 0 Å². The van der Waals surface area contributed by atoms with Gasteiger partial charge in [-0.25, -0.2) is 0 Å². The Bertz CT molecular complexity index is 204. The Kier molecular flexibility index (Phi) is 5.62. The molecular weight excluding hydrogens is 216 g/mol. The minimum absolute atomic E-state index is 0.381. The van der Waals surface area contributed by atoms with Crippen molar-refractivity contribution < 1.29 is 0 Å². The summed E-state index contributed by atoms with van der Waals surface area (Å²) in [5.74, 6) is 1.30. The van der Waals surface area contributed by atoms with E-state index >= 15 is 0 Å². The fraction of sp³-hybridized carbons (Fsp3) is 1.00. The van der Waals surface area contributed by atoms with Crippen molar-refractivity contribution in [3.8, 4) is 0 Å². The minimum atomic E-state index is 0.381. The van der Waals surface area contributed by atoms with Gasteiger partial charge in [0.05, 0.1) is 0 Å². The predicted molar refractivity (Wildman–Crippen MR) is 75.3 cm³/mol. The summed E-state index contributed by atoms with van der Waals surface area (Å²) >= 11 is 2.11. The van der Waals surface area contributed by atoms with Crippen molar-refractivity contribution in [3.05, 3.63) is 0 Å². The quantitative estimate of drug-likeness (QED) is 0.800. The maximum Gasteiger partial charge on any atom is 0.0147 e. The van der Waals surface area contributed by atoms with Gasteiger partial charge in [-0.05, 0) is 5.41 Å². The van der Waals surface area contributed by atoms with Crippen LogP contribution in [-0.2, 0) is 0 Å². The van der Waals surface area contributed by atoms with E-state index in [2.05, 4.69) is 56.6 Å². The molecule has 3 heteroatoms. The normalized spacial score (nSPS) is 24.0. The first-order valence-corrected chi connectivity index (χ1v) is 7.51. The highest BCUT2D eigenvalue weighted by molar-refractivity contribution is 7.99. The minimum Gasteiger partial charge on any atom is -0.314 e. The molecule has 16 heavy (non-hydrogen) atoms. The number of rotatable bonds is 5. The Morgan fingerprint density at radius 1 is 1.44 bits per heavy atom. The van der Waals surface area contributed by atoms with Crippen molar-refractivity contribution in [2.75, 3.05) is 31.9 Å². The van der Waals surface area contributed by atoms with E-state index in [4.69, 9.17) is 0 Å². The molecule has 0 bridgehead atoms. The van der Waals surface area contributed by atoms with Crippen LogP contribution in [0.3, 0.4) is 0 Å². The molecule has 1 unspecified atom stereocenters. The van der Waals surface area contributed by atoms with E-state index in [9.17, 15) is 0 Å². The summed E-state index contributed by atoms with van der Waals surface area (Å²) in [5, 5.41) is 4.36. The van der Waals surface area contributed by atoms with Crippen molar-refractivity contribution in [3.63, 3.8) is 0 Å². The molecule has 2 nitrogen and oxygen atoms in total. The molecule has 0 aromatic carbocycles. The van der Waals surface area contributed by atoms with Crippen LogP contribution in [0.25, 0.3) is 0 Å². The Balaban J connectivity index is 2.32. The van der Waals surface area contributed by atoms with Gasteiger partial charge in [0.2, 0.25) is 0 Å². The summed E-state index contributed by atoms with van der Waals surface area (Å²) in [6.07, 6.45) is 0. The van der Waals surface area contributed by atoms with Crippen molar-refractivity contribution in [1.29, 1.82) is 0 Å². The highest BCUT2D eigenvalue weighted by Crippen LogP contribution is 2.22. The number of nitrogens with one attached hydrogen (secondary N) is 1. The van der Waals surface area contributed by atoms with Crippen LogP contribution in [0, 0.1) is 5.41 Å². The zero-order valence-corrected chi connectivity index (χ0v) is 12.4. The zero-order chi connectivity index (χ0) is 12.2. The molecule has 0 amide bonds. The van der Waals surface area contributed by atoms with Crippen LogP contribution in [0.4, 0.5) is 0 Å². The standard InChI is InChI=1S/C13H28N2S/c1-11(2)14-9-13(4,5)10-15-6-7-16-12(3)8-15/h11-12,14H,6-10H2,1-5H3. The molecule has 0 aromatic rings. The monoisotopic (exact) mass is 244 g/mol. The molecular formula is C13H28N2S. The van der Waals surface area contributed by atoms with Crippen molar-refractivity contribution in [2.24, 2.45) is 5.41 Å². The third kappa shape index (κ3) is 5.55. The van der Waals surface area contributed by atoms with Crippen LogP contribution in [0.2, 0.25) is 0 Å². The smallest absolute Gasteiger partial charge is 0.0147 e. The summed E-state index contributed by atoms with van der Waals surface area (Å²) in [7, 11) is 0. The molecule has 0 saturated carbocycles. The topological polar surface area (TPSA) is 15.3 Å². The summed E-state index contributed by atoms with van der Waals surface area (Å²) < 4.78 is 0. The highest BCUT2D eigenvalue weighted by atomic mass is 32.2. The molecule has 1 heterocycles. The molecule has 1 N–H and O–H groups in total. The lowest BCUT2D eigenvalue weighted by atomic mass is 9.92. The maximum atomic E-state index is 3.55. The van der Waals surface area contributed by atoms with Crippen LogP contribution in [-0.4, -0.2) is 48.1 Å². The molecule has 1 fully saturated rings. The number of thioether (sulfide) groups is 1. The molecule has 0 aliphatic carbocycles. The highest BCUT2D eigenvalue weighted by Gasteiger charge is 2.25. The van der Waals surface area contributed by atoms with Crippen LogP contribution in [0.5, 0.6) is 0 Å². The van der Waals surface area contributed by atoms with Crippen LogP contribution in [0.15, 0.2) is 0 Å². The molecule has 1 atom stereocenters. The lowest BCUT2D eigenvalue weighted by molar-refractivity contribution is 0.177. The lowest BCUT2D eigenvalue weighted by Gasteiger charge is -2.37. The third-order valence-electron chi connectivity index (χ3n) is 2.97. The molecule has 0 aromatic heterocycles. The van der Waals surface area contributed by atoms with Gasteiger partial charge >= 0.3 is 0 Å². The molecule has 0 radical (unpaired) electrons. The largest absolute Gasteiger partial charge is 0.314 e. The van der Waals surface area contributed by atoms with Gasteiger partial charge in [-0.1, -0.05) is 34.6 Å². The summed E-state index contributed by atoms with van der Waals surface area (Å²) in [4.78, 5) is 2.63. The molecule has 1 aliphatic heterocycles. The van der Waals surface area contributed by atoms with Gasteiger partial charge in [0, 0.05) is 43.2 Å². The first-order valence-electron chi connectivity index (χ1n) is 6.46. The van der Waals surface area contributed by atoms with Crippen molar-refractivity contribution >= 4 is 11.8 Å². The second-order valence-corrected chi connectivity index (χ2v) is 7.66. The zero-order valence-electron chi connectivity index (χ0n) is 11.5. The van der Waals surface area contributed by atoms with Gasteiger partial charge < -0.3 is 10.2 Å². The maximum absolute atomic E-state index is 3.55. The lowest BCUT2D eigenvalue weighted by Crippen LogP contribution is -2.46. The first-order chi connectivity index (χ1) is 7.39. The van der Waals surface area contributed by atoms with E-state index < -0.39 is 0 Å². The van der Waals surface area contributed by atoms with Gasteiger partial charge in [-0.3, -0.25) is 0 Å². The fourth-order valence-corrected chi connectivity index (χ4v) is 3.26. The third-order valence-corrected chi connectivity index (χ3v) is 4.10. The average Bonchev–Trinajstić information content (AvgIpc) is 2.14. The van der Waals surface area contributed by atoms with Crippen molar-refractivity contribution in [1.82, 2.24) is 10.2 Å². The Labute approximate surface area is 106 Å². The average molecular weight is 244 g/mol. The fourth-order valence-electron chi connectivity index (χ4n) is 2.18. The molecule has 0 spiro atoms. The van der Waals surface area contributed by atoms with Crippen LogP contribution in [0.1, 0.15) is 34.6 Å². The molecule has 1 saturated heterocycles. The Morgan fingerprint density at radius 2 is 2.12 bits per heavy atom. The Hall–Kier alpha value is 0.270. The van der Waals surface area contributed by atoms with Crippen LogP contribution >= 0.6 is 11.8 Å². The predicted octanol–water partition coefficient (Wildman–Crippen LogP) is 2.45. The van der Waals surface area contributed by atoms with Gasteiger partial charge in [0.1, 0.15) is 0 Å². The SMILES string of the molecule is CC(C)NCC(C)(C)CN1CCSC(C)C1. The molecule has 1 aliphatic rings. The summed E-state index contributed by atoms with van der Waals surface area (Å²) in [5.41, 5.74) is 0.381. The summed E-state index contributed by atoms with van der Waals surface area (Å²) in [6, 6.07) is 0.593. The van der Waals surface area contributed by atoms with Crippen molar-refractivity contribution in [2.45, 2.75) is 45.9 Å². The van der Waals surface area contributed by atoms with Crippen LogP contribution < -0.4 is 5.32 Å². The number of nitrogens with zero attached hydrogens (tertiary/aromatic N) is 1. The van der Waals surface area contributed by atoms with E-state index in [1.807, 2.05) is 0 Å². The van der Waals surface area contributed by atoms with Gasteiger partial charge in [0.25, 0.3) is 0 Å². The van der Waals surface area contributed by atoms with Gasteiger partial charge in [-0.15, -0.1) is 0 Å². The van der Waals surface area contributed by atoms with Gasteiger partial charge in [-0.2, -0.15) is 11.8 Å². The second kappa shape index (κ2) is 6.27. The van der Waals surface area contributed by atoms with Gasteiger partial charge in [0.15, 0.2) is 0 Å². The first kappa shape index (κ1) is 14.3. The number of hydrogen-bond acceptors (Lipinski definition) is 3. The number of hydrogen-bond donors (Lipinski definition) is 1. The second-order valence-electron chi connectivity index (χ2n) is 6.12.